The van der Waals surface area contributed by atoms with Crippen LogP contribution in [0.25, 0.3) is 0 Å². The molecule has 0 spiro atoms. The highest BCUT2D eigenvalue weighted by atomic mass is 35.5. The quantitative estimate of drug-likeness (QED) is 0.820. The maximum atomic E-state index is 5.92. The van der Waals surface area contributed by atoms with Gasteiger partial charge in [0.1, 0.15) is 0 Å². The molecule has 0 amide bonds. The maximum absolute atomic E-state index is 5.92. The monoisotopic (exact) mass is 297 g/mol. The van der Waals surface area contributed by atoms with Crippen LogP contribution in [0, 0.1) is 0 Å². The van der Waals surface area contributed by atoms with Crippen molar-refractivity contribution in [2.45, 2.75) is 20.3 Å². The minimum atomic E-state index is 0.169. The lowest BCUT2D eigenvalue weighted by Gasteiger charge is -2.18. The van der Waals surface area contributed by atoms with Crippen LogP contribution in [0.1, 0.15) is 19.7 Å². The second-order valence-corrected chi connectivity index (χ2v) is 4.25. The average Bonchev–Trinajstić information content (AvgIpc) is 2.93. The summed E-state index contributed by atoms with van der Waals surface area (Å²) in [7, 11) is 0. The summed E-state index contributed by atoms with van der Waals surface area (Å²) < 4.78 is 4.90. The molecule has 0 aromatic carbocycles. The van der Waals surface area contributed by atoms with E-state index < -0.39 is 0 Å². The van der Waals surface area contributed by atoms with Crippen molar-refractivity contribution in [2.75, 3.05) is 29.9 Å². The Labute approximate surface area is 121 Å². The topological polar surface area (TPSA) is 92.9 Å². The zero-order valence-electron chi connectivity index (χ0n) is 11.4. The molecule has 0 radical (unpaired) electrons. The highest BCUT2D eigenvalue weighted by molar-refractivity contribution is 6.28. The smallest absolute Gasteiger partial charge is 0.231 e. The van der Waals surface area contributed by atoms with E-state index in [9.17, 15) is 0 Å². The van der Waals surface area contributed by atoms with Crippen LogP contribution in [-0.4, -0.2) is 44.7 Å². The van der Waals surface area contributed by atoms with Crippen LogP contribution in [-0.2, 0) is 6.42 Å². The van der Waals surface area contributed by atoms with Gasteiger partial charge in [0.05, 0.1) is 0 Å². The summed E-state index contributed by atoms with van der Waals surface area (Å²) in [5, 5.41) is 6.77. The first kappa shape index (κ1) is 14.4. The predicted octanol–water partition coefficient (Wildman–Crippen LogP) is 1.41. The summed E-state index contributed by atoms with van der Waals surface area (Å²) in [6.07, 6.45) is 1.96. The minimum absolute atomic E-state index is 0.169. The van der Waals surface area contributed by atoms with E-state index in [0.29, 0.717) is 30.8 Å². The van der Waals surface area contributed by atoms with Crippen molar-refractivity contribution < 1.29 is 4.52 Å². The fourth-order valence-electron chi connectivity index (χ4n) is 1.65. The first-order valence-electron chi connectivity index (χ1n) is 6.38. The number of nitrogens with one attached hydrogen (secondary N) is 1. The summed E-state index contributed by atoms with van der Waals surface area (Å²) >= 11 is 5.92. The molecule has 2 rings (SSSR count). The van der Waals surface area contributed by atoms with Crippen molar-refractivity contribution in [2.24, 2.45) is 0 Å². The maximum Gasteiger partial charge on any atom is 0.231 e. The van der Waals surface area contributed by atoms with E-state index >= 15 is 0 Å². The highest BCUT2D eigenvalue weighted by Gasteiger charge is 2.10. The zero-order valence-corrected chi connectivity index (χ0v) is 12.1. The fraction of sp³-hybridized carbons (Fsp3) is 0.545. The zero-order chi connectivity index (χ0) is 14.4. The molecule has 0 saturated heterocycles. The fourth-order valence-corrected chi connectivity index (χ4v) is 1.81. The summed E-state index contributed by atoms with van der Waals surface area (Å²) in [6, 6.07) is 0. The molecule has 0 aliphatic rings. The minimum Gasteiger partial charge on any atom is -0.354 e. The van der Waals surface area contributed by atoms with Crippen LogP contribution in [0.2, 0.25) is 5.28 Å². The SMILES string of the molecule is CCN(CC)c1nc(Cl)nc(NCCc2ncno2)n1. The second kappa shape index (κ2) is 6.99. The third-order valence-corrected chi connectivity index (χ3v) is 2.84. The summed E-state index contributed by atoms with van der Waals surface area (Å²) in [4.78, 5) is 18.4. The molecule has 0 atom stereocenters. The van der Waals surface area contributed by atoms with E-state index in [1.807, 2.05) is 18.7 Å². The molecule has 2 heterocycles. The lowest BCUT2D eigenvalue weighted by Crippen LogP contribution is -2.25. The van der Waals surface area contributed by atoms with E-state index in [-0.39, 0.29) is 5.28 Å². The molecule has 0 fully saturated rings. The molecule has 2 aromatic rings. The van der Waals surface area contributed by atoms with Gasteiger partial charge in [0, 0.05) is 26.1 Å². The Bertz CT molecular complexity index is 530. The van der Waals surface area contributed by atoms with Crippen molar-refractivity contribution in [3.63, 3.8) is 0 Å². The third-order valence-electron chi connectivity index (χ3n) is 2.67. The van der Waals surface area contributed by atoms with Crippen molar-refractivity contribution in [1.29, 1.82) is 0 Å². The first-order valence-corrected chi connectivity index (χ1v) is 6.76. The van der Waals surface area contributed by atoms with E-state index in [4.69, 9.17) is 16.1 Å². The van der Waals surface area contributed by atoms with Gasteiger partial charge in [0.25, 0.3) is 0 Å². The molecular formula is C11H16ClN7O. The number of anilines is 2. The second-order valence-electron chi connectivity index (χ2n) is 3.91. The highest BCUT2D eigenvalue weighted by Crippen LogP contribution is 2.13. The Kier molecular flexibility index (Phi) is 5.05. The van der Waals surface area contributed by atoms with Gasteiger partial charge in [-0.1, -0.05) is 5.16 Å². The Morgan fingerprint density at radius 1 is 1.25 bits per heavy atom. The van der Waals surface area contributed by atoms with E-state index in [2.05, 4.69) is 30.4 Å². The molecule has 20 heavy (non-hydrogen) atoms. The number of nitrogens with zero attached hydrogens (tertiary/aromatic N) is 6. The van der Waals surface area contributed by atoms with E-state index in [0.717, 1.165) is 13.1 Å². The van der Waals surface area contributed by atoms with Crippen molar-refractivity contribution >= 4 is 23.5 Å². The van der Waals surface area contributed by atoms with Gasteiger partial charge in [0.2, 0.25) is 23.1 Å². The van der Waals surface area contributed by atoms with Crippen LogP contribution in [0.5, 0.6) is 0 Å². The van der Waals surface area contributed by atoms with Gasteiger partial charge in [-0.05, 0) is 25.4 Å². The van der Waals surface area contributed by atoms with Gasteiger partial charge in [-0.15, -0.1) is 0 Å². The van der Waals surface area contributed by atoms with E-state index in [1.165, 1.54) is 6.33 Å². The first-order chi connectivity index (χ1) is 9.72. The van der Waals surface area contributed by atoms with Crippen LogP contribution in [0.15, 0.2) is 10.9 Å². The number of halogens is 1. The van der Waals surface area contributed by atoms with Gasteiger partial charge in [-0.3, -0.25) is 0 Å². The van der Waals surface area contributed by atoms with Gasteiger partial charge in [-0.25, -0.2) is 0 Å². The Morgan fingerprint density at radius 2 is 2.05 bits per heavy atom. The lowest BCUT2D eigenvalue weighted by molar-refractivity contribution is 0.379. The molecule has 2 aromatic heterocycles. The number of hydrogen-bond acceptors (Lipinski definition) is 8. The number of rotatable bonds is 7. The van der Waals surface area contributed by atoms with Crippen molar-refractivity contribution in [3.05, 3.63) is 17.5 Å². The number of hydrogen-bond donors (Lipinski definition) is 1. The molecule has 0 saturated carbocycles. The van der Waals surface area contributed by atoms with Crippen LogP contribution < -0.4 is 10.2 Å². The molecule has 0 aliphatic carbocycles. The van der Waals surface area contributed by atoms with Gasteiger partial charge < -0.3 is 14.7 Å². The molecule has 108 valence electrons. The Hall–Kier alpha value is -1.96. The largest absolute Gasteiger partial charge is 0.354 e. The normalized spacial score (nSPS) is 10.6. The van der Waals surface area contributed by atoms with Crippen molar-refractivity contribution in [3.8, 4) is 0 Å². The molecular weight excluding hydrogens is 282 g/mol. The summed E-state index contributed by atoms with van der Waals surface area (Å²) in [5.41, 5.74) is 0. The molecule has 8 nitrogen and oxygen atoms in total. The summed E-state index contributed by atoms with van der Waals surface area (Å²) in [5.74, 6) is 1.56. The van der Waals surface area contributed by atoms with Crippen LogP contribution >= 0.6 is 11.6 Å². The van der Waals surface area contributed by atoms with E-state index in [1.54, 1.807) is 0 Å². The summed E-state index contributed by atoms with van der Waals surface area (Å²) in [6.45, 7) is 6.24. The van der Waals surface area contributed by atoms with Gasteiger partial charge >= 0.3 is 0 Å². The number of aromatic nitrogens is 5. The Morgan fingerprint density at radius 3 is 2.70 bits per heavy atom. The van der Waals surface area contributed by atoms with Gasteiger partial charge in [-0.2, -0.15) is 19.9 Å². The molecule has 1 N–H and O–H groups in total. The molecule has 0 unspecified atom stereocenters. The molecule has 0 bridgehead atoms. The Balaban J connectivity index is 2.00. The van der Waals surface area contributed by atoms with Crippen LogP contribution in [0.3, 0.4) is 0 Å². The average molecular weight is 298 g/mol. The lowest BCUT2D eigenvalue weighted by atomic mass is 10.4. The standard InChI is InChI=1S/C11H16ClN7O/c1-3-19(4-2)11-17-9(12)16-10(18-11)13-6-5-8-14-7-15-20-8/h7H,3-6H2,1-2H3,(H,13,16,17,18). The third kappa shape index (κ3) is 3.77. The van der Waals surface area contributed by atoms with Crippen LogP contribution in [0.4, 0.5) is 11.9 Å². The van der Waals surface area contributed by atoms with Crippen molar-refractivity contribution in [1.82, 2.24) is 25.1 Å². The predicted molar refractivity (Wildman–Crippen MR) is 74.9 cm³/mol. The molecule has 9 heteroatoms. The van der Waals surface area contributed by atoms with Gasteiger partial charge in [0.15, 0.2) is 6.33 Å². The molecule has 0 aliphatic heterocycles.